The van der Waals surface area contributed by atoms with Crippen molar-refractivity contribution in [2.45, 2.75) is 64.8 Å². The van der Waals surface area contributed by atoms with Crippen molar-refractivity contribution in [3.05, 3.63) is 46.4 Å². The molecule has 0 aromatic carbocycles. The van der Waals surface area contributed by atoms with Crippen LogP contribution in [-0.4, -0.2) is 47.2 Å². The summed E-state index contributed by atoms with van der Waals surface area (Å²) < 4.78 is 10.0. The molecule has 0 radical (unpaired) electrons. The smallest absolute Gasteiger partial charge is 0.216 e. The molecule has 1 amide bonds. The molecule has 0 bridgehead atoms. The Morgan fingerprint density at radius 2 is 2.03 bits per heavy atom. The van der Waals surface area contributed by atoms with E-state index in [1.807, 2.05) is 11.0 Å². The Kier molecular flexibility index (Phi) is 10.6. The van der Waals surface area contributed by atoms with Gasteiger partial charge in [-0.25, -0.2) is 0 Å². The molecule has 2 aliphatic rings. The van der Waals surface area contributed by atoms with Gasteiger partial charge < -0.3 is 18.8 Å². The number of rotatable bonds is 9. The summed E-state index contributed by atoms with van der Waals surface area (Å²) >= 11 is 3.30. The number of aromatic nitrogens is 1. The quantitative estimate of drug-likeness (QED) is 0.375. The fraction of sp³-hybridized carbons (Fsp3) is 0.519. The van der Waals surface area contributed by atoms with Crippen molar-refractivity contribution >= 4 is 31.4 Å². The number of fused-ring (bicyclic) bond motifs is 1. The summed E-state index contributed by atoms with van der Waals surface area (Å²) in [7, 11) is 0. The van der Waals surface area contributed by atoms with Crippen LogP contribution in [0, 0.1) is 0 Å². The van der Waals surface area contributed by atoms with E-state index in [0.29, 0.717) is 12.3 Å². The summed E-state index contributed by atoms with van der Waals surface area (Å²) in [6.07, 6.45) is 18.9. The molecule has 0 saturated heterocycles. The van der Waals surface area contributed by atoms with Crippen molar-refractivity contribution in [2.75, 3.05) is 26.2 Å². The van der Waals surface area contributed by atoms with E-state index in [-0.39, 0.29) is 6.61 Å². The lowest BCUT2D eigenvalue weighted by Gasteiger charge is -2.24. The zero-order chi connectivity index (χ0) is 24.3. The zero-order valence-electron chi connectivity index (χ0n) is 20.5. The lowest BCUT2D eigenvalue weighted by Crippen LogP contribution is -2.35. The van der Waals surface area contributed by atoms with Crippen LogP contribution in [0.15, 0.2) is 34.7 Å². The van der Waals surface area contributed by atoms with Gasteiger partial charge in [-0.15, -0.1) is 0 Å². The Balaban J connectivity index is 0.000000751. The summed E-state index contributed by atoms with van der Waals surface area (Å²) in [6, 6.07) is 2.12. The van der Waals surface area contributed by atoms with Crippen molar-refractivity contribution in [1.82, 2.24) is 14.2 Å². The van der Waals surface area contributed by atoms with Crippen LogP contribution in [0.5, 0.6) is 0 Å². The van der Waals surface area contributed by atoms with Crippen molar-refractivity contribution in [3.8, 4) is 11.3 Å². The van der Waals surface area contributed by atoms with Gasteiger partial charge >= 0.3 is 0 Å². The highest BCUT2D eigenvalue weighted by atomic mass is 32.1. The highest BCUT2D eigenvalue weighted by Gasteiger charge is 2.26. The predicted molar refractivity (Wildman–Crippen MR) is 142 cm³/mol. The van der Waals surface area contributed by atoms with Gasteiger partial charge in [0.05, 0.1) is 24.8 Å². The van der Waals surface area contributed by atoms with Crippen LogP contribution in [0.2, 0.25) is 0 Å². The molecule has 1 fully saturated rings. The molecule has 0 unspecified atom stereocenters. The van der Waals surface area contributed by atoms with Gasteiger partial charge in [-0.2, -0.15) is 0 Å². The number of aliphatic hydroxyl groups excluding tert-OH is 1. The van der Waals surface area contributed by atoms with Crippen LogP contribution in [0.4, 0.5) is 0 Å². The second-order valence-corrected chi connectivity index (χ2v) is 9.26. The van der Waals surface area contributed by atoms with Crippen molar-refractivity contribution < 1.29 is 14.3 Å². The van der Waals surface area contributed by atoms with E-state index in [4.69, 9.17) is 9.21 Å². The van der Waals surface area contributed by atoms with Crippen LogP contribution in [-0.2, 0) is 11.3 Å². The van der Waals surface area contributed by atoms with Crippen LogP contribution < -0.4 is 15.3 Å². The molecule has 1 saturated carbocycles. The average molecular weight is 486 g/mol. The summed E-state index contributed by atoms with van der Waals surface area (Å²) in [6.45, 7) is 8.12. The number of hydrogen-bond donors (Lipinski definition) is 3. The largest absolute Gasteiger partial charge is 0.472 e. The van der Waals surface area contributed by atoms with E-state index < -0.39 is 0 Å². The number of nitrogens with one attached hydrogen (secondary N) is 1. The topological polar surface area (TPSA) is 70.6 Å². The molecule has 0 spiro atoms. The van der Waals surface area contributed by atoms with Gasteiger partial charge in [0, 0.05) is 35.8 Å². The van der Waals surface area contributed by atoms with Gasteiger partial charge in [-0.3, -0.25) is 9.69 Å². The lowest BCUT2D eigenvalue weighted by atomic mass is 9.82. The van der Waals surface area contributed by atoms with Crippen molar-refractivity contribution in [1.29, 1.82) is 0 Å². The van der Waals surface area contributed by atoms with Gasteiger partial charge in [0.25, 0.3) is 0 Å². The molecule has 34 heavy (non-hydrogen) atoms. The monoisotopic (exact) mass is 485 g/mol. The molecule has 2 aromatic heterocycles. The number of hydrogen-bond acceptors (Lipinski definition) is 5. The van der Waals surface area contributed by atoms with Gasteiger partial charge in [-0.05, 0) is 56.4 Å². The normalized spacial score (nSPS) is 15.9. The molecule has 2 aromatic rings. The molecule has 2 aliphatic carbocycles. The SMILES string of the molecule is CCN(CCO)CCn1c(-c2ccoc2)c(C2CCCCC2)c2c1=CC(C)=CCC=2.O=CNS. The Bertz CT molecular complexity index is 1050. The summed E-state index contributed by atoms with van der Waals surface area (Å²) in [5.41, 5.74) is 5.41. The maximum atomic E-state index is 9.43. The fourth-order valence-corrected chi connectivity index (χ4v) is 5.24. The van der Waals surface area contributed by atoms with E-state index in [1.54, 1.807) is 6.26 Å². The molecule has 2 heterocycles. The minimum absolute atomic E-state index is 0.210. The van der Waals surface area contributed by atoms with E-state index in [1.165, 1.54) is 65.1 Å². The first-order chi connectivity index (χ1) is 16.6. The zero-order valence-corrected chi connectivity index (χ0v) is 21.4. The predicted octanol–water partition coefficient (Wildman–Crippen LogP) is 3.60. The van der Waals surface area contributed by atoms with E-state index in [9.17, 15) is 5.11 Å². The van der Waals surface area contributed by atoms with E-state index in [2.05, 4.69) is 60.4 Å². The summed E-state index contributed by atoms with van der Waals surface area (Å²) in [5, 5.41) is 12.2. The summed E-state index contributed by atoms with van der Waals surface area (Å²) in [4.78, 5) is 11.3. The molecule has 4 rings (SSSR count). The standard InChI is InChI=1S/C26H36N2O2.CH3NOS/c1-3-27(15-16-29)13-14-28-24-18-20(2)8-7-11-23(24)25(21-9-5-4-6-10-21)26(28)22-12-17-30-19-22;3-1-2-4/h8,11-12,17-19,21,29H,3-7,9-10,13-16H2,1-2H3;1,4H,(H,2,3). The van der Waals surface area contributed by atoms with Gasteiger partial charge in [-0.1, -0.05) is 56.7 Å². The summed E-state index contributed by atoms with van der Waals surface area (Å²) in [5.74, 6) is 0.626. The maximum absolute atomic E-state index is 9.43. The second kappa shape index (κ2) is 13.6. The van der Waals surface area contributed by atoms with E-state index in [0.717, 1.165) is 32.6 Å². The van der Waals surface area contributed by atoms with Crippen LogP contribution >= 0.6 is 12.8 Å². The molecular formula is C27H39N3O3S. The Morgan fingerprint density at radius 1 is 1.26 bits per heavy atom. The molecule has 7 heteroatoms. The third-order valence-electron chi connectivity index (χ3n) is 6.87. The van der Waals surface area contributed by atoms with Crippen LogP contribution in [0.3, 0.4) is 0 Å². The number of nitrogens with zero attached hydrogens (tertiary/aromatic N) is 2. The number of thiol groups is 1. The first kappa shape index (κ1) is 26.4. The van der Waals surface area contributed by atoms with Crippen LogP contribution in [0.1, 0.15) is 63.9 Å². The molecular weight excluding hydrogens is 446 g/mol. The minimum Gasteiger partial charge on any atom is -0.472 e. The molecule has 0 atom stereocenters. The second-order valence-electron chi connectivity index (χ2n) is 9.00. The highest BCUT2D eigenvalue weighted by Crippen LogP contribution is 2.36. The Morgan fingerprint density at radius 3 is 2.65 bits per heavy atom. The minimum atomic E-state index is 0.210. The van der Waals surface area contributed by atoms with E-state index >= 15 is 0 Å². The highest BCUT2D eigenvalue weighted by molar-refractivity contribution is 7.78. The number of amides is 1. The van der Waals surface area contributed by atoms with Gasteiger partial charge in [0.2, 0.25) is 6.41 Å². The lowest BCUT2D eigenvalue weighted by molar-refractivity contribution is -0.107. The van der Waals surface area contributed by atoms with Crippen LogP contribution in [0.25, 0.3) is 23.4 Å². The number of carbonyl (C=O) groups excluding carboxylic acids is 1. The van der Waals surface area contributed by atoms with Crippen molar-refractivity contribution in [3.63, 3.8) is 0 Å². The number of allylic oxidation sites excluding steroid dienone is 2. The third-order valence-corrected chi connectivity index (χ3v) is 6.98. The average Bonchev–Trinajstić information content (AvgIpc) is 3.44. The number of likely N-dealkylation sites (N-methyl/N-ethyl adjacent to an activating group) is 1. The fourth-order valence-electron chi connectivity index (χ4n) is 5.24. The molecule has 2 N–H and O–H groups in total. The van der Waals surface area contributed by atoms with Crippen molar-refractivity contribution in [2.24, 2.45) is 0 Å². The number of carbonyl (C=O) groups is 1. The first-order valence-corrected chi connectivity index (χ1v) is 12.9. The third kappa shape index (κ3) is 6.46. The Labute approximate surface area is 208 Å². The van der Waals surface area contributed by atoms with Gasteiger partial charge in [0.1, 0.15) is 0 Å². The van der Waals surface area contributed by atoms with Gasteiger partial charge in [0.15, 0.2) is 0 Å². The number of aliphatic hydroxyl groups is 1. The molecule has 0 aliphatic heterocycles. The maximum Gasteiger partial charge on any atom is 0.216 e. The molecule has 186 valence electrons. The first-order valence-electron chi connectivity index (χ1n) is 12.4. The Hall–Kier alpha value is -2.22. The number of furan rings is 1. The molecule has 6 nitrogen and oxygen atoms in total.